The Kier molecular flexibility index (Phi) is 6.32. The molecule has 6 nitrogen and oxygen atoms in total. The summed E-state index contributed by atoms with van der Waals surface area (Å²) in [5.41, 5.74) is -0.00880. The van der Waals surface area contributed by atoms with Crippen molar-refractivity contribution in [3.63, 3.8) is 0 Å². The molecule has 1 amide bonds. The van der Waals surface area contributed by atoms with Crippen LogP contribution in [0.2, 0.25) is 5.02 Å². The van der Waals surface area contributed by atoms with Crippen LogP contribution in [0.3, 0.4) is 0 Å². The van der Waals surface area contributed by atoms with E-state index in [1.54, 1.807) is 26.0 Å². The van der Waals surface area contributed by atoms with Crippen molar-refractivity contribution >= 4 is 29.3 Å². The van der Waals surface area contributed by atoms with Gasteiger partial charge in [-0.2, -0.15) is 5.26 Å². The van der Waals surface area contributed by atoms with Gasteiger partial charge in [-0.1, -0.05) is 37.2 Å². The molecule has 2 rings (SSSR count). The zero-order valence-corrected chi connectivity index (χ0v) is 17.0. The van der Waals surface area contributed by atoms with Crippen LogP contribution in [0.25, 0.3) is 11.4 Å². The minimum absolute atomic E-state index is 0.0000135. The maximum atomic E-state index is 12.5. The summed E-state index contributed by atoms with van der Waals surface area (Å²) in [7, 11) is 1.85. The number of carbonyl (C=O) groups excluding carboxylic acids is 1. The second-order valence-corrected chi connectivity index (χ2v) is 8.33. The Labute approximate surface area is 162 Å². The van der Waals surface area contributed by atoms with Gasteiger partial charge in [-0.05, 0) is 44.0 Å². The van der Waals surface area contributed by atoms with Crippen molar-refractivity contribution in [1.29, 1.82) is 5.26 Å². The van der Waals surface area contributed by atoms with Gasteiger partial charge in [-0.3, -0.25) is 4.79 Å². The topological polar surface area (TPSA) is 83.6 Å². The van der Waals surface area contributed by atoms with Crippen LogP contribution >= 0.6 is 23.4 Å². The molecule has 26 heavy (non-hydrogen) atoms. The standard InChI is InChI=1S/C18H22ClN5OS/c1-11(2)18(4,10-20)21-16(25)12(3)26-17-23-22-15(24(17)5)13-6-8-14(19)9-7-13/h6-9,11-12H,1-5H3,(H,21,25)/t12-,18-/m1/s1. The molecule has 0 fully saturated rings. The highest BCUT2D eigenvalue weighted by Crippen LogP contribution is 2.27. The van der Waals surface area contributed by atoms with Crippen LogP contribution in [-0.2, 0) is 11.8 Å². The number of hydrogen-bond acceptors (Lipinski definition) is 5. The highest BCUT2D eigenvalue weighted by atomic mass is 35.5. The molecule has 1 aromatic carbocycles. The molecule has 1 heterocycles. The molecule has 0 aliphatic heterocycles. The van der Waals surface area contributed by atoms with Gasteiger partial charge in [0.1, 0.15) is 5.54 Å². The Hall–Kier alpha value is -2.04. The van der Waals surface area contributed by atoms with Gasteiger partial charge >= 0.3 is 0 Å². The number of thioether (sulfide) groups is 1. The number of benzene rings is 1. The SMILES string of the molecule is CC(C)[C@@](C)(C#N)NC(=O)[C@@H](C)Sc1nnc(-c2ccc(Cl)cc2)n1C. The number of hydrogen-bond donors (Lipinski definition) is 1. The molecule has 1 aromatic heterocycles. The van der Waals surface area contributed by atoms with Crippen molar-refractivity contribution in [2.45, 2.75) is 43.6 Å². The third kappa shape index (κ3) is 4.37. The summed E-state index contributed by atoms with van der Waals surface area (Å²) in [6.45, 7) is 7.33. The number of carbonyl (C=O) groups is 1. The van der Waals surface area contributed by atoms with Crippen molar-refractivity contribution in [2.24, 2.45) is 13.0 Å². The summed E-state index contributed by atoms with van der Waals surface area (Å²) in [5, 5.41) is 21.5. The van der Waals surface area contributed by atoms with E-state index in [1.165, 1.54) is 11.8 Å². The minimum Gasteiger partial charge on any atom is -0.337 e. The molecule has 0 bridgehead atoms. The number of aromatic nitrogens is 3. The first-order chi connectivity index (χ1) is 12.2. The Balaban J connectivity index is 2.13. The first kappa shape index (κ1) is 20.3. The zero-order chi connectivity index (χ0) is 19.5. The van der Waals surface area contributed by atoms with Gasteiger partial charge < -0.3 is 9.88 Å². The lowest BCUT2D eigenvalue weighted by Gasteiger charge is -2.28. The van der Waals surface area contributed by atoms with Crippen LogP contribution < -0.4 is 5.32 Å². The number of rotatable bonds is 6. The van der Waals surface area contributed by atoms with Gasteiger partial charge in [0.2, 0.25) is 5.91 Å². The first-order valence-corrected chi connectivity index (χ1v) is 9.49. The largest absolute Gasteiger partial charge is 0.337 e. The fraction of sp³-hybridized carbons (Fsp3) is 0.444. The predicted octanol–water partition coefficient (Wildman–Crippen LogP) is 3.67. The van der Waals surface area contributed by atoms with Gasteiger partial charge in [-0.25, -0.2) is 0 Å². The van der Waals surface area contributed by atoms with Crippen molar-refractivity contribution in [1.82, 2.24) is 20.1 Å². The molecule has 2 aromatic rings. The number of amides is 1. The molecule has 0 saturated carbocycles. The lowest BCUT2D eigenvalue weighted by atomic mass is 9.90. The molecular formula is C18H22ClN5OS. The monoisotopic (exact) mass is 391 g/mol. The van der Waals surface area contributed by atoms with E-state index < -0.39 is 10.8 Å². The van der Waals surface area contributed by atoms with Crippen molar-refractivity contribution in [3.8, 4) is 17.5 Å². The van der Waals surface area contributed by atoms with Crippen LogP contribution in [0, 0.1) is 17.2 Å². The molecule has 2 atom stereocenters. The third-order valence-corrected chi connectivity index (χ3v) is 5.74. The van der Waals surface area contributed by atoms with E-state index in [0.29, 0.717) is 16.0 Å². The van der Waals surface area contributed by atoms with Crippen LogP contribution in [-0.4, -0.2) is 31.5 Å². The molecule has 0 unspecified atom stereocenters. The summed E-state index contributed by atoms with van der Waals surface area (Å²) in [6.07, 6.45) is 0. The van der Waals surface area contributed by atoms with E-state index in [9.17, 15) is 10.1 Å². The quantitative estimate of drug-likeness (QED) is 0.759. The van der Waals surface area contributed by atoms with E-state index in [1.807, 2.05) is 37.6 Å². The van der Waals surface area contributed by atoms with Crippen molar-refractivity contribution in [3.05, 3.63) is 29.3 Å². The second-order valence-electron chi connectivity index (χ2n) is 6.59. The van der Waals surface area contributed by atoms with Gasteiger partial charge in [0.25, 0.3) is 0 Å². The molecule has 0 aliphatic rings. The zero-order valence-electron chi connectivity index (χ0n) is 15.4. The number of nitriles is 1. The molecule has 138 valence electrons. The summed E-state index contributed by atoms with van der Waals surface area (Å²) < 4.78 is 1.84. The number of nitrogens with zero attached hydrogens (tertiary/aromatic N) is 4. The predicted molar refractivity (Wildman–Crippen MR) is 104 cm³/mol. The Morgan fingerprint density at radius 3 is 2.46 bits per heavy atom. The number of halogens is 1. The normalized spacial score (nSPS) is 14.5. The number of nitrogens with one attached hydrogen (secondary N) is 1. The lowest BCUT2D eigenvalue weighted by Crippen LogP contribution is -2.51. The third-order valence-electron chi connectivity index (χ3n) is 4.36. The molecule has 0 aliphatic carbocycles. The molecule has 0 spiro atoms. The summed E-state index contributed by atoms with van der Waals surface area (Å²) >= 11 is 7.22. The highest BCUT2D eigenvalue weighted by molar-refractivity contribution is 8.00. The minimum atomic E-state index is -0.903. The van der Waals surface area contributed by atoms with Crippen LogP contribution in [0.1, 0.15) is 27.7 Å². The van der Waals surface area contributed by atoms with Gasteiger partial charge in [0.15, 0.2) is 11.0 Å². The summed E-state index contributed by atoms with van der Waals surface area (Å²) in [6, 6.07) is 9.52. The average Bonchev–Trinajstić information content (AvgIpc) is 2.96. The van der Waals surface area contributed by atoms with Gasteiger partial charge in [0.05, 0.1) is 11.3 Å². The molecule has 0 radical (unpaired) electrons. The van der Waals surface area contributed by atoms with E-state index in [2.05, 4.69) is 21.6 Å². The van der Waals surface area contributed by atoms with Crippen LogP contribution in [0.15, 0.2) is 29.4 Å². The Morgan fingerprint density at radius 2 is 1.92 bits per heavy atom. The Morgan fingerprint density at radius 1 is 1.31 bits per heavy atom. The molecule has 8 heteroatoms. The van der Waals surface area contributed by atoms with Gasteiger partial charge in [-0.15, -0.1) is 10.2 Å². The molecular weight excluding hydrogens is 370 g/mol. The second kappa shape index (κ2) is 8.11. The maximum Gasteiger partial charge on any atom is 0.234 e. The van der Waals surface area contributed by atoms with Gasteiger partial charge in [0, 0.05) is 17.6 Å². The summed E-state index contributed by atoms with van der Waals surface area (Å²) in [4.78, 5) is 12.5. The molecule has 1 N–H and O–H groups in total. The molecule has 0 saturated heterocycles. The average molecular weight is 392 g/mol. The smallest absolute Gasteiger partial charge is 0.234 e. The Bertz CT molecular complexity index is 827. The summed E-state index contributed by atoms with van der Waals surface area (Å²) in [5.74, 6) is 0.490. The van der Waals surface area contributed by atoms with Crippen molar-refractivity contribution < 1.29 is 4.79 Å². The van der Waals surface area contributed by atoms with E-state index in [0.717, 1.165) is 5.56 Å². The first-order valence-electron chi connectivity index (χ1n) is 8.23. The van der Waals surface area contributed by atoms with Crippen molar-refractivity contribution in [2.75, 3.05) is 0 Å². The highest BCUT2D eigenvalue weighted by Gasteiger charge is 2.32. The fourth-order valence-corrected chi connectivity index (χ4v) is 3.08. The maximum absolute atomic E-state index is 12.5. The lowest BCUT2D eigenvalue weighted by molar-refractivity contribution is -0.121. The fourth-order valence-electron chi connectivity index (χ4n) is 2.14. The van der Waals surface area contributed by atoms with Crippen LogP contribution in [0.5, 0.6) is 0 Å². The van der Waals surface area contributed by atoms with Crippen LogP contribution in [0.4, 0.5) is 0 Å². The van der Waals surface area contributed by atoms with E-state index >= 15 is 0 Å². The van der Waals surface area contributed by atoms with E-state index in [-0.39, 0.29) is 11.8 Å². The van der Waals surface area contributed by atoms with E-state index in [4.69, 9.17) is 11.6 Å².